The zero-order valence-electron chi connectivity index (χ0n) is 11.7. The van der Waals surface area contributed by atoms with Gasteiger partial charge in [0.25, 0.3) is 0 Å². The Hall–Kier alpha value is -0.160. The van der Waals surface area contributed by atoms with Gasteiger partial charge in [-0.15, -0.1) is 0 Å². The first-order valence-electron chi connectivity index (χ1n) is 6.07. The van der Waals surface area contributed by atoms with Crippen LogP contribution in [0.2, 0.25) is 0 Å². The van der Waals surface area contributed by atoms with Crippen LogP contribution in [0.15, 0.2) is 0 Å². The van der Waals surface area contributed by atoms with Gasteiger partial charge < -0.3 is 14.5 Å². The first-order valence-corrected chi connectivity index (χ1v) is 6.07. The molecule has 0 aromatic carbocycles. The number of hydrogen-bond acceptors (Lipinski definition) is 4. The first-order chi connectivity index (χ1) is 7.56. The molecule has 0 aromatic heterocycles. The molecule has 0 heterocycles. The van der Waals surface area contributed by atoms with Crippen molar-refractivity contribution in [3.8, 4) is 0 Å². The van der Waals surface area contributed by atoms with Crippen molar-refractivity contribution in [2.45, 2.75) is 12.8 Å². The van der Waals surface area contributed by atoms with Crippen LogP contribution < -0.4 is 0 Å². The van der Waals surface area contributed by atoms with Gasteiger partial charge in [0.15, 0.2) is 0 Å². The van der Waals surface area contributed by atoms with E-state index >= 15 is 0 Å². The molecular formula is C12H29N3O. The Balaban J connectivity index is 3.61. The van der Waals surface area contributed by atoms with Gasteiger partial charge in [-0.2, -0.15) is 0 Å². The maximum absolute atomic E-state index is 5.22. The minimum absolute atomic E-state index is 0.751. The number of nitrogens with zero attached hydrogens (tertiary/aromatic N) is 3. The van der Waals surface area contributed by atoms with E-state index in [4.69, 9.17) is 4.74 Å². The number of hydrogen-bond donors (Lipinski definition) is 0. The van der Waals surface area contributed by atoms with Gasteiger partial charge in [-0.05, 0) is 54.1 Å². The van der Waals surface area contributed by atoms with Gasteiger partial charge in [0.05, 0.1) is 6.73 Å². The Bertz CT molecular complexity index is 137. The lowest BCUT2D eigenvalue weighted by Gasteiger charge is -2.22. The fourth-order valence-electron chi connectivity index (χ4n) is 1.64. The zero-order chi connectivity index (χ0) is 12.4. The molecule has 0 aliphatic rings. The van der Waals surface area contributed by atoms with E-state index in [1.165, 1.54) is 12.8 Å². The lowest BCUT2D eigenvalue weighted by atomic mass is 10.3. The van der Waals surface area contributed by atoms with E-state index in [1.807, 2.05) is 0 Å². The van der Waals surface area contributed by atoms with Crippen molar-refractivity contribution in [2.75, 3.05) is 68.2 Å². The molecule has 0 spiro atoms. The predicted molar refractivity (Wildman–Crippen MR) is 69.8 cm³/mol. The second kappa shape index (κ2) is 10.0. The molecule has 0 rings (SSSR count). The van der Waals surface area contributed by atoms with Crippen LogP contribution in [0.25, 0.3) is 0 Å². The van der Waals surface area contributed by atoms with Crippen LogP contribution >= 0.6 is 0 Å². The van der Waals surface area contributed by atoms with Crippen molar-refractivity contribution in [3.63, 3.8) is 0 Å². The maximum Gasteiger partial charge on any atom is 0.0986 e. The van der Waals surface area contributed by atoms with Crippen LogP contribution in [-0.4, -0.2) is 82.9 Å². The van der Waals surface area contributed by atoms with Crippen LogP contribution in [0.3, 0.4) is 0 Å². The Morgan fingerprint density at radius 2 is 1.19 bits per heavy atom. The normalized spacial score (nSPS) is 12.0. The third-order valence-electron chi connectivity index (χ3n) is 2.47. The molecule has 0 aromatic rings. The van der Waals surface area contributed by atoms with Gasteiger partial charge in [0.1, 0.15) is 0 Å². The van der Waals surface area contributed by atoms with Crippen LogP contribution in [0.4, 0.5) is 0 Å². The smallest absolute Gasteiger partial charge is 0.0986 e. The Morgan fingerprint density at radius 3 is 1.50 bits per heavy atom. The number of ether oxygens (including phenoxy) is 1. The average molecular weight is 231 g/mol. The van der Waals surface area contributed by atoms with Crippen molar-refractivity contribution in [1.82, 2.24) is 14.7 Å². The summed E-state index contributed by atoms with van der Waals surface area (Å²) in [6, 6.07) is 0. The predicted octanol–water partition coefficient (Wildman–Crippen LogP) is 0.796. The third kappa shape index (κ3) is 10.4. The highest BCUT2D eigenvalue weighted by Crippen LogP contribution is 1.96. The first kappa shape index (κ1) is 15.8. The summed E-state index contributed by atoms with van der Waals surface area (Å²) in [6.45, 7) is 5.29. The molecule has 16 heavy (non-hydrogen) atoms. The van der Waals surface area contributed by atoms with Crippen molar-refractivity contribution >= 4 is 0 Å². The summed E-state index contributed by atoms with van der Waals surface area (Å²) in [5.41, 5.74) is 0. The second-order valence-corrected chi connectivity index (χ2v) is 4.85. The SMILES string of the molecule is COCN(CCCN(C)C)CCCN(C)C. The molecule has 0 amide bonds. The minimum Gasteiger partial charge on any atom is -0.369 e. The third-order valence-corrected chi connectivity index (χ3v) is 2.47. The van der Waals surface area contributed by atoms with Crippen molar-refractivity contribution in [2.24, 2.45) is 0 Å². The molecular weight excluding hydrogens is 202 g/mol. The highest BCUT2D eigenvalue weighted by atomic mass is 16.5. The van der Waals surface area contributed by atoms with E-state index in [0.717, 1.165) is 32.9 Å². The van der Waals surface area contributed by atoms with Gasteiger partial charge in [-0.25, -0.2) is 0 Å². The molecule has 0 aliphatic carbocycles. The number of rotatable bonds is 10. The lowest BCUT2D eigenvalue weighted by Crippen LogP contribution is -2.31. The van der Waals surface area contributed by atoms with Gasteiger partial charge in [-0.3, -0.25) is 4.90 Å². The topological polar surface area (TPSA) is 19.0 Å². The lowest BCUT2D eigenvalue weighted by molar-refractivity contribution is 0.0590. The van der Waals surface area contributed by atoms with Crippen molar-refractivity contribution in [1.29, 1.82) is 0 Å². The van der Waals surface area contributed by atoms with Crippen LogP contribution in [0.5, 0.6) is 0 Å². The molecule has 4 nitrogen and oxygen atoms in total. The van der Waals surface area contributed by atoms with Gasteiger partial charge in [0, 0.05) is 20.2 Å². The van der Waals surface area contributed by atoms with Gasteiger partial charge in [-0.1, -0.05) is 0 Å². The summed E-state index contributed by atoms with van der Waals surface area (Å²) < 4.78 is 5.22. The molecule has 0 bridgehead atoms. The summed E-state index contributed by atoms with van der Waals surface area (Å²) in [5, 5.41) is 0. The van der Waals surface area contributed by atoms with Gasteiger partial charge in [0.2, 0.25) is 0 Å². The molecule has 0 fully saturated rings. The van der Waals surface area contributed by atoms with Crippen molar-refractivity contribution < 1.29 is 4.74 Å². The molecule has 0 radical (unpaired) electrons. The van der Waals surface area contributed by atoms with E-state index in [1.54, 1.807) is 7.11 Å². The molecule has 0 N–H and O–H groups in total. The van der Waals surface area contributed by atoms with Gasteiger partial charge >= 0.3 is 0 Å². The molecule has 4 heteroatoms. The zero-order valence-corrected chi connectivity index (χ0v) is 11.7. The summed E-state index contributed by atoms with van der Waals surface area (Å²) in [4.78, 5) is 6.84. The standard InChI is InChI=1S/C12H29N3O/c1-13(2)8-6-10-15(12-16-5)11-7-9-14(3)4/h6-12H2,1-5H3. The van der Waals surface area contributed by atoms with Crippen LogP contribution in [-0.2, 0) is 4.74 Å². The maximum atomic E-state index is 5.22. The Morgan fingerprint density at radius 1 is 0.750 bits per heavy atom. The summed E-state index contributed by atoms with van der Waals surface area (Å²) in [5.74, 6) is 0. The van der Waals surface area contributed by atoms with Crippen molar-refractivity contribution in [3.05, 3.63) is 0 Å². The Labute approximate surface area is 101 Å². The molecule has 0 unspecified atom stereocenters. The fraction of sp³-hybridized carbons (Fsp3) is 1.00. The summed E-state index contributed by atoms with van der Waals surface area (Å²) >= 11 is 0. The minimum atomic E-state index is 0.751. The average Bonchev–Trinajstić information content (AvgIpc) is 2.16. The van der Waals surface area contributed by atoms with E-state index in [-0.39, 0.29) is 0 Å². The quantitative estimate of drug-likeness (QED) is 0.518. The van der Waals surface area contributed by atoms with Crippen LogP contribution in [0, 0.1) is 0 Å². The van der Waals surface area contributed by atoms with E-state index in [0.29, 0.717) is 0 Å². The largest absolute Gasteiger partial charge is 0.369 e. The molecule has 0 saturated carbocycles. The van der Waals surface area contributed by atoms with E-state index < -0.39 is 0 Å². The molecule has 0 aliphatic heterocycles. The highest BCUT2D eigenvalue weighted by Gasteiger charge is 2.04. The fourth-order valence-corrected chi connectivity index (χ4v) is 1.64. The summed E-state index contributed by atoms with van der Waals surface area (Å²) in [6.07, 6.45) is 2.41. The molecule has 0 atom stereocenters. The molecule has 0 saturated heterocycles. The number of methoxy groups -OCH3 is 1. The highest BCUT2D eigenvalue weighted by molar-refractivity contribution is 4.57. The van der Waals surface area contributed by atoms with E-state index in [9.17, 15) is 0 Å². The van der Waals surface area contributed by atoms with E-state index in [2.05, 4.69) is 42.9 Å². The Kier molecular flexibility index (Phi) is 9.92. The monoisotopic (exact) mass is 231 g/mol. The second-order valence-electron chi connectivity index (χ2n) is 4.85. The van der Waals surface area contributed by atoms with Crippen LogP contribution in [0.1, 0.15) is 12.8 Å². The molecule has 98 valence electrons. The summed E-state index contributed by atoms with van der Waals surface area (Å²) in [7, 11) is 10.2.